The summed E-state index contributed by atoms with van der Waals surface area (Å²) >= 11 is 4.11. The molecule has 0 aromatic heterocycles. The highest BCUT2D eigenvalue weighted by Gasteiger charge is 2.01. The minimum atomic E-state index is -0.470. The molecule has 0 unspecified atom stereocenters. The molecule has 0 radical (unpaired) electrons. The van der Waals surface area contributed by atoms with E-state index in [0.717, 1.165) is 24.0 Å². The summed E-state index contributed by atoms with van der Waals surface area (Å²) in [6.07, 6.45) is 5.58. The number of nitrogens with zero attached hydrogens (tertiary/aromatic N) is 1. The number of oxime groups is 1. The van der Waals surface area contributed by atoms with E-state index < -0.39 is 5.91 Å². The lowest BCUT2D eigenvalue weighted by atomic mass is 10.1. The van der Waals surface area contributed by atoms with Crippen LogP contribution in [-0.2, 0) is 4.79 Å². The quantitative estimate of drug-likeness (QED) is 0.325. The van der Waals surface area contributed by atoms with Crippen LogP contribution in [0.5, 0.6) is 0 Å². The number of hydrogen-bond donors (Lipinski definition) is 3. The van der Waals surface area contributed by atoms with Crippen molar-refractivity contribution < 1.29 is 10.0 Å². The standard InChI is InChI=1S/C12H14N2O2S/c15-12(9-13-16)14-11-7-2-1-5-10(11)6-3-4-8-17/h1-3,5-7,9,16-17H,4,8H2,(H,14,15). The first-order chi connectivity index (χ1) is 8.27. The molecule has 1 aromatic rings. The van der Waals surface area contributed by atoms with Gasteiger partial charge in [0.2, 0.25) is 0 Å². The van der Waals surface area contributed by atoms with Crippen LogP contribution in [0.25, 0.3) is 6.08 Å². The fraction of sp³-hybridized carbons (Fsp3) is 0.167. The predicted molar refractivity (Wildman–Crippen MR) is 72.9 cm³/mol. The van der Waals surface area contributed by atoms with E-state index >= 15 is 0 Å². The van der Waals surface area contributed by atoms with Gasteiger partial charge < -0.3 is 10.5 Å². The zero-order chi connectivity index (χ0) is 12.5. The highest BCUT2D eigenvalue weighted by Crippen LogP contribution is 2.16. The summed E-state index contributed by atoms with van der Waals surface area (Å²) in [6, 6.07) is 7.38. The molecule has 0 aliphatic rings. The van der Waals surface area contributed by atoms with Crippen molar-refractivity contribution in [2.75, 3.05) is 11.1 Å². The zero-order valence-electron chi connectivity index (χ0n) is 9.21. The maximum Gasteiger partial charge on any atom is 0.270 e. The van der Waals surface area contributed by atoms with Gasteiger partial charge in [0.25, 0.3) is 5.91 Å². The number of amides is 1. The van der Waals surface area contributed by atoms with Gasteiger partial charge in [0.1, 0.15) is 6.21 Å². The minimum Gasteiger partial charge on any atom is -0.411 e. The van der Waals surface area contributed by atoms with Crippen LogP contribution in [0.4, 0.5) is 5.69 Å². The van der Waals surface area contributed by atoms with E-state index in [0.29, 0.717) is 5.69 Å². The average Bonchev–Trinajstić information content (AvgIpc) is 2.32. The van der Waals surface area contributed by atoms with Gasteiger partial charge in [0.15, 0.2) is 0 Å². The molecule has 17 heavy (non-hydrogen) atoms. The molecule has 0 heterocycles. The molecule has 0 atom stereocenters. The van der Waals surface area contributed by atoms with Crippen molar-refractivity contribution in [2.45, 2.75) is 6.42 Å². The fourth-order valence-electron chi connectivity index (χ4n) is 1.26. The molecule has 0 bridgehead atoms. The van der Waals surface area contributed by atoms with Gasteiger partial charge in [-0.05, 0) is 23.8 Å². The van der Waals surface area contributed by atoms with Gasteiger partial charge in [-0.25, -0.2) is 0 Å². The molecule has 2 N–H and O–H groups in total. The number of allylic oxidation sites excluding steroid dienone is 1. The van der Waals surface area contributed by atoms with Crippen LogP contribution in [0.2, 0.25) is 0 Å². The Kier molecular flexibility index (Phi) is 5.88. The normalized spacial score (nSPS) is 11.1. The van der Waals surface area contributed by atoms with Gasteiger partial charge in [0, 0.05) is 5.69 Å². The summed E-state index contributed by atoms with van der Waals surface area (Å²) in [7, 11) is 0. The van der Waals surface area contributed by atoms with Gasteiger partial charge in [-0.2, -0.15) is 12.6 Å². The molecule has 0 spiro atoms. The molecule has 0 fully saturated rings. The lowest BCUT2D eigenvalue weighted by Gasteiger charge is -2.05. The van der Waals surface area contributed by atoms with E-state index in [-0.39, 0.29) is 0 Å². The van der Waals surface area contributed by atoms with Gasteiger partial charge in [0.05, 0.1) is 0 Å². The van der Waals surface area contributed by atoms with Crippen molar-refractivity contribution >= 4 is 36.5 Å². The van der Waals surface area contributed by atoms with Crippen molar-refractivity contribution in [3.8, 4) is 0 Å². The van der Waals surface area contributed by atoms with Crippen LogP contribution < -0.4 is 5.32 Å². The number of thiol groups is 1. The van der Waals surface area contributed by atoms with Crippen molar-refractivity contribution in [3.05, 3.63) is 35.9 Å². The van der Waals surface area contributed by atoms with Crippen molar-refractivity contribution in [2.24, 2.45) is 5.16 Å². The Hall–Kier alpha value is -1.75. The number of rotatable bonds is 5. The van der Waals surface area contributed by atoms with Gasteiger partial charge >= 0.3 is 0 Å². The second kappa shape index (κ2) is 7.51. The molecular weight excluding hydrogens is 236 g/mol. The number of hydrogen-bond acceptors (Lipinski definition) is 4. The van der Waals surface area contributed by atoms with E-state index in [9.17, 15) is 4.79 Å². The molecule has 0 saturated heterocycles. The van der Waals surface area contributed by atoms with Crippen LogP contribution in [-0.4, -0.2) is 23.1 Å². The SMILES string of the molecule is O=C(C=NO)Nc1ccccc1C=CCCS. The summed E-state index contributed by atoms with van der Waals surface area (Å²) < 4.78 is 0. The molecule has 1 rings (SSSR count). The van der Waals surface area contributed by atoms with Crippen molar-refractivity contribution in [1.82, 2.24) is 0 Å². The van der Waals surface area contributed by atoms with Crippen molar-refractivity contribution in [3.63, 3.8) is 0 Å². The Balaban J connectivity index is 2.80. The lowest BCUT2D eigenvalue weighted by Crippen LogP contribution is -2.13. The van der Waals surface area contributed by atoms with E-state index in [1.54, 1.807) is 6.07 Å². The van der Waals surface area contributed by atoms with Crippen molar-refractivity contribution in [1.29, 1.82) is 0 Å². The van der Waals surface area contributed by atoms with Crippen LogP contribution in [0.3, 0.4) is 0 Å². The summed E-state index contributed by atoms with van der Waals surface area (Å²) in [5.74, 6) is 0.310. The van der Waals surface area contributed by atoms with E-state index in [1.165, 1.54) is 0 Å². The smallest absolute Gasteiger partial charge is 0.270 e. The zero-order valence-corrected chi connectivity index (χ0v) is 10.1. The van der Waals surface area contributed by atoms with Crippen LogP contribution in [0, 0.1) is 0 Å². The molecule has 0 aliphatic carbocycles. The molecule has 90 valence electrons. The number of benzene rings is 1. The third-order valence-electron chi connectivity index (χ3n) is 1.99. The Labute approximate surface area is 105 Å². The fourth-order valence-corrected chi connectivity index (χ4v) is 1.41. The monoisotopic (exact) mass is 250 g/mol. The molecule has 4 nitrogen and oxygen atoms in total. The predicted octanol–water partition coefficient (Wildman–Crippen LogP) is 2.42. The highest BCUT2D eigenvalue weighted by molar-refractivity contribution is 7.80. The molecule has 5 heteroatoms. The third kappa shape index (κ3) is 4.74. The third-order valence-corrected chi connectivity index (χ3v) is 2.25. The first kappa shape index (κ1) is 13.3. The summed E-state index contributed by atoms with van der Waals surface area (Å²) in [6.45, 7) is 0. The van der Waals surface area contributed by atoms with Crippen LogP contribution in [0.15, 0.2) is 35.5 Å². The number of nitrogens with one attached hydrogen (secondary N) is 1. The Bertz CT molecular complexity index is 430. The number of carbonyl (C=O) groups excluding carboxylic acids is 1. The molecule has 1 aromatic carbocycles. The van der Waals surface area contributed by atoms with Gasteiger partial charge in [-0.3, -0.25) is 4.79 Å². The van der Waals surface area contributed by atoms with Gasteiger partial charge in [-0.1, -0.05) is 35.5 Å². The summed E-state index contributed by atoms with van der Waals surface area (Å²) in [5.41, 5.74) is 1.57. The first-order valence-corrected chi connectivity index (χ1v) is 5.76. The summed E-state index contributed by atoms with van der Waals surface area (Å²) in [4.78, 5) is 11.2. The maximum absolute atomic E-state index is 11.2. The highest BCUT2D eigenvalue weighted by atomic mass is 32.1. The number of anilines is 1. The minimum absolute atomic E-state index is 0.470. The summed E-state index contributed by atoms with van der Waals surface area (Å²) in [5, 5.41) is 13.5. The van der Waals surface area contributed by atoms with Crippen LogP contribution in [0.1, 0.15) is 12.0 Å². The Morgan fingerprint density at radius 2 is 2.24 bits per heavy atom. The van der Waals surface area contributed by atoms with Crippen LogP contribution >= 0.6 is 12.6 Å². The topological polar surface area (TPSA) is 61.7 Å². The molecule has 0 aliphatic heterocycles. The largest absolute Gasteiger partial charge is 0.411 e. The molecule has 0 saturated carbocycles. The Morgan fingerprint density at radius 3 is 2.94 bits per heavy atom. The van der Waals surface area contributed by atoms with E-state index in [2.05, 4.69) is 23.1 Å². The second-order valence-electron chi connectivity index (χ2n) is 3.24. The first-order valence-electron chi connectivity index (χ1n) is 5.12. The Morgan fingerprint density at radius 1 is 1.47 bits per heavy atom. The van der Waals surface area contributed by atoms with Gasteiger partial charge in [-0.15, -0.1) is 0 Å². The lowest BCUT2D eigenvalue weighted by molar-refractivity contribution is -0.110. The average molecular weight is 250 g/mol. The number of para-hydroxylation sites is 1. The van der Waals surface area contributed by atoms with E-state index in [4.69, 9.17) is 5.21 Å². The number of carbonyl (C=O) groups is 1. The second-order valence-corrected chi connectivity index (χ2v) is 3.68. The van der Waals surface area contributed by atoms with E-state index in [1.807, 2.05) is 30.4 Å². The molecular formula is C12H14N2O2S. The molecule has 1 amide bonds. The maximum atomic E-state index is 11.2.